The molecule has 9 heteroatoms. The normalized spacial score (nSPS) is 11.6. The Hall–Kier alpha value is -0.760. The molecule has 3 nitrogen and oxygen atoms in total. The Morgan fingerprint density at radius 1 is 1.00 bits per heavy atom. The number of sulfonamides is 1. The van der Waals surface area contributed by atoms with E-state index < -0.39 is 10.0 Å². The third-order valence-electron chi connectivity index (χ3n) is 2.92. The molecular formula is C14H8Cl3NO2S3. The molecule has 0 unspecified atom stereocenters. The smallest absolute Gasteiger partial charge is 0.271 e. The van der Waals surface area contributed by atoms with Crippen LogP contribution in [0.3, 0.4) is 0 Å². The number of nitrogens with one attached hydrogen (secondary N) is 1. The zero-order chi connectivity index (χ0) is 16.6. The Morgan fingerprint density at radius 2 is 1.74 bits per heavy atom. The molecular weight excluding hydrogens is 417 g/mol. The molecule has 0 fully saturated rings. The van der Waals surface area contributed by atoms with Crippen LogP contribution in [0.5, 0.6) is 0 Å². The summed E-state index contributed by atoms with van der Waals surface area (Å²) < 4.78 is 27.8. The Morgan fingerprint density at radius 3 is 2.39 bits per heavy atom. The minimum Gasteiger partial charge on any atom is -0.277 e. The van der Waals surface area contributed by atoms with Crippen molar-refractivity contribution >= 4 is 73.2 Å². The standard InChI is InChI=1S/C14H8Cl3NO2S3/c15-9-4-2-1-3-8(9)13-11(5-6-21-13)18-23(19,20)12-7-10(16)14(17)22-12/h1-7,18H. The van der Waals surface area contributed by atoms with Crippen molar-refractivity contribution in [2.24, 2.45) is 0 Å². The number of benzene rings is 1. The molecule has 23 heavy (non-hydrogen) atoms. The molecule has 0 aliphatic heterocycles. The number of anilines is 1. The molecule has 1 aromatic carbocycles. The van der Waals surface area contributed by atoms with Crippen molar-refractivity contribution in [2.75, 3.05) is 4.72 Å². The molecule has 0 spiro atoms. The van der Waals surface area contributed by atoms with E-state index in [1.165, 1.54) is 17.4 Å². The molecule has 0 aliphatic carbocycles. The molecule has 0 radical (unpaired) electrons. The summed E-state index contributed by atoms with van der Waals surface area (Å²) in [5, 5.41) is 2.57. The second kappa shape index (κ2) is 6.63. The molecule has 0 aliphatic rings. The molecule has 0 saturated carbocycles. The van der Waals surface area contributed by atoms with E-state index in [0.29, 0.717) is 10.7 Å². The number of hydrogen-bond donors (Lipinski definition) is 1. The van der Waals surface area contributed by atoms with Gasteiger partial charge < -0.3 is 0 Å². The minimum absolute atomic E-state index is 0.0591. The third kappa shape index (κ3) is 3.52. The van der Waals surface area contributed by atoms with Gasteiger partial charge >= 0.3 is 0 Å². The molecule has 0 saturated heterocycles. The predicted molar refractivity (Wildman–Crippen MR) is 99.9 cm³/mol. The van der Waals surface area contributed by atoms with Crippen molar-refractivity contribution in [3.05, 3.63) is 56.2 Å². The molecule has 3 aromatic rings. The fourth-order valence-electron chi connectivity index (χ4n) is 1.90. The first kappa shape index (κ1) is 17.1. The molecule has 1 N–H and O–H groups in total. The molecule has 3 rings (SSSR count). The van der Waals surface area contributed by atoms with Crippen molar-refractivity contribution in [3.63, 3.8) is 0 Å². The van der Waals surface area contributed by atoms with Crippen LogP contribution in [0.4, 0.5) is 5.69 Å². The van der Waals surface area contributed by atoms with Crippen LogP contribution in [0.25, 0.3) is 10.4 Å². The summed E-state index contributed by atoms with van der Waals surface area (Å²) >= 11 is 20.2. The first-order valence-electron chi connectivity index (χ1n) is 6.18. The summed E-state index contributed by atoms with van der Waals surface area (Å²) in [6, 6.07) is 10.3. The second-order valence-corrected chi connectivity index (χ2v) is 9.73. The van der Waals surface area contributed by atoms with Crippen molar-refractivity contribution in [2.45, 2.75) is 4.21 Å². The molecule has 0 amide bonds. The molecule has 0 bridgehead atoms. The Balaban J connectivity index is 1.99. The second-order valence-electron chi connectivity index (χ2n) is 4.44. The van der Waals surface area contributed by atoms with E-state index in [2.05, 4.69) is 4.72 Å². The number of hydrogen-bond acceptors (Lipinski definition) is 4. The van der Waals surface area contributed by atoms with Gasteiger partial charge in [0, 0.05) is 10.6 Å². The van der Waals surface area contributed by atoms with E-state index in [1.807, 2.05) is 18.2 Å². The first-order chi connectivity index (χ1) is 10.9. The molecule has 2 aromatic heterocycles. The van der Waals surface area contributed by atoms with E-state index in [0.717, 1.165) is 21.8 Å². The fourth-order valence-corrected chi connectivity index (χ4v) is 6.09. The molecule has 2 heterocycles. The van der Waals surface area contributed by atoms with Crippen LogP contribution in [-0.4, -0.2) is 8.42 Å². The van der Waals surface area contributed by atoms with Crippen LogP contribution < -0.4 is 4.72 Å². The SMILES string of the molecule is O=S(=O)(Nc1ccsc1-c1ccccc1Cl)c1cc(Cl)c(Cl)s1. The average molecular weight is 425 g/mol. The topological polar surface area (TPSA) is 46.2 Å². The van der Waals surface area contributed by atoms with Gasteiger partial charge in [-0.15, -0.1) is 22.7 Å². The quantitative estimate of drug-likeness (QED) is 0.539. The highest BCUT2D eigenvalue weighted by atomic mass is 35.5. The largest absolute Gasteiger partial charge is 0.277 e. The summed E-state index contributed by atoms with van der Waals surface area (Å²) in [6.07, 6.45) is 0. The van der Waals surface area contributed by atoms with Gasteiger partial charge in [0.25, 0.3) is 10.0 Å². The van der Waals surface area contributed by atoms with Crippen LogP contribution in [0, 0.1) is 0 Å². The van der Waals surface area contributed by atoms with Gasteiger partial charge in [0.05, 0.1) is 15.6 Å². The number of halogens is 3. The van der Waals surface area contributed by atoms with Gasteiger partial charge in [-0.25, -0.2) is 8.42 Å². The predicted octanol–water partition coefficient (Wildman–Crippen LogP) is 6.24. The van der Waals surface area contributed by atoms with Crippen LogP contribution >= 0.6 is 57.5 Å². The molecule has 120 valence electrons. The Kier molecular flexibility index (Phi) is 4.92. The van der Waals surface area contributed by atoms with Gasteiger partial charge in [-0.1, -0.05) is 53.0 Å². The summed E-state index contributed by atoms with van der Waals surface area (Å²) in [4.78, 5) is 0.743. The van der Waals surface area contributed by atoms with Crippen LogP contribution in [0.2, 0.25) is 14.4 Å². The van der Waals surface area contributed by atoms with Crippen molar-refractivity contribution < 1.29 is 8.42 Å². The zero-order valence-corrected chi connectivity index (χ0v) is 15.9. The lowest BCUT2D eigenvalue weighted by molar-refractivity contribution is 0.603. The van der Waals surface area contributed by atoms with E-state index in [4.69, 9.17) is 34.8 Å². The summed E-state index contributed by atoms with van der Waals surface area (Å²) in [7, 11) is -3.77. The highest BCUT2D eigenvalue weighted by Gasteiger charge is 2.21. The van der Waals surface area contributed by atoms with Crippen LogP contribution in [-0.2, 0) is 10.0 Å². The monoisotopic (exact) mass is 423 g/mol. The van der Waals surface area contributed by atoms with Crippen molar-refractivity contribution in [1.82, 2.24) is 0 Å². The highest BCUT2D eigenvalue weighted by Crippen LogP contribution is 2.40. The van der Waals surface area contributed by atoms with E-state index in [-0.39, 0.29) is 13.6 Å². The summed E-state index contributed by atoms with van der Waals surface area (Å²) in [5.41, 5.74) is 1.23. The number of rotatable bonds is 4. The van der Waals surface area contributed by atoms with Crippen LogP contribution in [0.1, 0.15) is 0 Å². The van der Waals surface area contributed by atoms with Gasteiger partial charge in [0.15, 0.2) is 0 Å². The Labute approximate surface area is 156 Å². The minimum atomic E-state index is -3.77. The highest BCUT2D eigenvalue weighted by molar-refractivity contribution is 7.94. The maximum absolute atomic E-state index is 12.5. The summed E-state index contributed by atoms with van der Waals surface area (Å²) in [5.74, 6) is 0. The fraction of sp³-hybridized carbons (Fsp3) is 0. The van der Waals surface area contributed by atoms with E-state index in [1.54, 1.807) is 17.5 Å². The third-order valence-corrected chi connectivity index (χ3v) is 7.90. The van der Waals surface area contributed by atoms with E-state index in [9.17, 15) is 8.42 Å². The Bertz CT molecular complexity index is 944. The lowest BCUT2D eigenvalue weighted by atomic mass is 10.2. The van der Waals surface area contributed by atoms with Crippen LogP contribution in [0.15, 0.2) is 46.0 Å². The first-order valence-corrected chi connectivity index (χ1v) is 10.5. The van der Waals surface area contributed by atoms with Gasteiger partial charge in [-0.2, -0.15) is 0 Å². The van der Waals surface area contributed by atoms with E-state index >= 15 is 0 Å². The average Bonchev–Trinajstić information content (AvgIpc) is 3.07. The van der Waals surface area contributed by atoms with Gasteiger partial charge in [-0.05, 0) is 23.6 Å². The van der Waals surface area contributed by atoms with Gasteiger partial charge in [0.1, 0.15) is 8.55 Å². The molecule has 0 atom stereocenters. The van der Waals surface area contributed by atoms with Gasteiger partial charge in [0.2, 0.25) is 0 Å². The summed E-state index contributed by atoms with van der Waals surface area (Å²) in [6.45, 7) is 0. The van der Waals surface area contributed by atoms with Gasteiger partial charge in [-0.3, -0.25) is 4.72 Å². The number of thiophene rings is 2. The lowest BCUT2D eigenvalue weighted by Crippen LogP contribution is -2.11. The zero-order valence-electron chi connectivity index (χ0n) is 11.2. The lowest BCUT2D eigenvalue weighted by Gasteiger charge is -2.08. The maximum atomic E-state index is 12.5. The van der Waals surface area contributed by atoms with Crippen molar-refractivity contribution in [1.29, 1.82) is 0 Å². The van der Waals surface area contributed by atoms with Crippen molar-refractivity contribution in [3.8, 4) is 10.4 Å². The maximum Gasteiger partial charge on any atom is 0.271 e.